The van der Waals surface area contributed by atoms with Crippen molar-refractivity contribution in [3.63, 3.8) is 0 Å². The molecule has 0 bridgehead atoms. The van der Waals surface area contributed by atoms with Gasteiger partial charge in [0.05, 0.1) is 4.90 Å². The molecule has 0 spiro atoms. The van der Waals surface area contributed by atoms with Gasteiger partial charge in [0.2, 0.25) is 10.0 Å². The van der Waals surface area contributed by atoms with Crippen molar-refractivity contribution in [3.8, 4) is 11.1 Å². The Labute approximate surface area is 180 Å². The van der Waals surface area contributed by atoms with Crippen LogP contribution in [0.5, 0.6) is 0 Å². The van der Waals surface area contributed by atoms with Crippen molar-refractivity contribution in [1.82, 2.24) is 13.9 Å². The minimum atomic E-state index is -3.63. The van der Waals surface area contributed by atoms with Gasteiger partial charge in [0.25, 0.3) is 0 Å². The van der Waals surface area contributed by atoms with Gasteiger partial charge in [-0.15, -0.1) is 0 Å². The fraction of sp³-hybridized carbons (Fsp3) is 0.217. The fourth-order valence-electron chi connectivity index (χ4n) is 3.42. The molecule has 2 heterocycles. The van der Waals surface area contributed by atoms with Crippen molar-refractivity contribution in [2.45, 2.75) is 31.2 Å². The summed E-state index contributed by atoms with van der Waals surface area (Å²) in [6.45, 7) is 3.74. The lowest BCUT2D eigenvalue weighted by atomic mass is 10.1. The molecule has 4 aromatic rings. The minimum Gasteiger partial charge on any atom is -0.329 e. The number of fused-ring (bicyclic) bond motifs is 1. The van der Waals surface area contributed by atoms with Gasteiger partial charge in [-0.3, -0.25) is 0 Å². The van der Waals surface area contributed by atoms with Gasteiger partial charge in [0, 0.05) is 31.4 Å². The number of likely N-dealkylation sites (N-methyl/N-ethyl adjacent to an activating group) is 1. The summed E-state index contributed by atoms with van der Waals surface area (Å²) >= 11 is 0. The molecule has 0 radical (unpaired) electrons. The first kappa shape index (κ1) is 21.0. The van der Waals surface area contributed by atoms with Crippen LogP contribution in [0, 0.1) is 6.92 Å². The van der Waals surface area contributed by atoms with Crippen LogP contribution in [0.1, 0.15) is 18.2 Å². The molecule has 7 nitrogen and oxygen atoms in total. The first-order valence-electron chi connectivity index (χ1n) is 9.89. The van der Waals surface area contributed by atoms with Gasteiger partial charge in [0.1, 0.15) is 5.56 Å². The van der Waals surface area contributed by atoms with Gasteiger partial charge in [-0.2, -0.15) is 8.88 Å². The smallest absolute Gasteiger partial charge is 0.329 e. The van der Waals surface area contributed by atoms with E-state index in [0.29, 0.717) is 23.3 Å². The highest BCUT2D eigenvalue weighted by molar-refractivity contribution is 7.89. The average Bonchev–Trinajstić information content (AvgIpc) is 3.09. The maximum atomic E-state index is 13.0. The van der Waals surface area contributed by atoms with Gasteiger partial charge in [-0.1, -0.05) is 48.0 Å². The normalized spacial score (nSPS) is 13.0. The number of hydrogen-bond donors (Lipinski definition) is 0. The Morgan fingerprint density at radius 1 is 1.06 bits per heavy atom. The highest BCUT2D eigenvalue weighted by atomic mass is 32.2. The number of aromatic nitrogens is 2. The number of aryl methyl sites for hydroxylation is 1. The van der Waals surface area contributed by atoms with Crippen LogP contribution in [0.3, 0.4) is 0 Å². The number of nitrogens with zero attached hydrogens (tertiary/aromatic N) is 3. The maximum absolute atomic E-state index is 13.0. The quantitative estimate of drug-likeness (QED) is 0.461. The summed E-state index contributed by atoms with van der Waals surface area (Å²) < 4.78 is 33.9. The lowest BCUT2D eigenvalue weighted by molar-refractivity contribution is 0.347. The van der Waals surface area contributed by atoms with Gasteiger partial charge in [-0.05, 0) is 37.6 Å². The molecule has 0 saturated carbocycles. The van der Waals surface area contributed by atoms with E-state index in [-0.39, 0.29) is 10.9 Å². The third-order valence-electron chi connectivity index (χ3n) is 5.36. The Balaban J connectivity index is 1.64. The standard InChI is InChI=1S/C23H23N3O4S/c1-16-9-11-20(12-10-16)31(28,29)25(3)17(2)15-19-13-14-26-22(24-19)21(23(27)30-26)18-7-5-4-6-8-18/h4-14,17H,15H2,1-3H3. The summed E-state index contributed by atoms with van der Waals surface area (Å²) in [5.41, 5.74) is 2.70. The van der Waals surface area contributed by atoms with Crippen LogP contribution < -0.4 is 5.63 Å². The Hall–Kier alpha value is -3.23. The first-order valence-corrected chi connectivity index (χ1v) is 11.3. The third-order valence-corrected chi connectivity index (χ3v) is 7.34. The fourth-order valence-corrected chi connectivity index (χ4v) is 4.78. The van der Waals surface area contributed by atoms with E-state index in [4.69, 9.17) is 4.52 Å². The Morgan fingerprint density at radius 3 is 2.42 bits per heavy atom. The topological polar surface area (TPSA) is 84.9 Å². The number of benzene rings is 2. The lowest BCUT2D eigenvalue weighted by Gasteiger charge is -2.24. The van der Waals surface area contributed by atoms with Gasteiger partial charge >= 0.3 is 5.63 Å². The van der Waals surface area contributed by atoms with E-state index in [9.17, 15) is 13.2 Å². The summed E-state index contributed by atoms with van der Waals surface area (Å²) in [7, 11) is -2.07. The van der Waals surface area contributed by atoms with E-state index in [2.05, 4.69) is 4.98 Å². The van der Waals surface area contributed by atoms with Crippen LogP contribution in [0.15, 0.2) is 81.1 Å². The molecule has 0 aliphatic carbocycles. The number of sulfonamides is 1. The molecule has 2 aromatic carbocycles. The van der Waals surface area contributed by atoms with E-state index in [1.165, 1.54) is 8.88 Å². The van der Waals surface area contributed by atoms with Crippen LogP contribution in [0.25, 0.3) is 16.8 Å². The van der Waals surface area contributed by atoms with E-state index < -0.39 is 15.6 Å². The van der Waals surface area contributed by atoms with E-state index >= 15 is 0 Å². The van der Waals surface area contributed by atoms with Crippen LogP contribution in [0.4, 0.5) is 0 Å². The molecule has 0 N–H and O–H groups in total. The predicted molar refractivity (Wildman–Crippen MR) is 118 cm³/mol. The Morgan fingerprint density at radius 2 is 1.74 bits per heavy atom. The Kier molecular flexibility index (Phi) is 5.51. The highest BCUT2D eigenvalue weighted by Gasteiger charge is 2.26. The minimum absolute atomic E-state index is 0.253. The highest BCUT2D eigenvalue weighted by Crippen LogP contribution is 2.22. The molecule has 0 fully saturated rings. The van der Waals surface area contributed by atoms with Crippen LogP contribution in [-0.2, 0) is 16.4 Å². The summed E-state index contributed by atoms with van der Waals surface area (Å²) in [5, 5.41) is 0. The molecule has 0 aliphatic heterocycles. The molecule has 2 aromatic heterocycles. The van der Waals surface area contributed by atoms with Crippen molar-refractivity contribution >= 4 is 15.7 Å². The largest absolute Gasteiger partial charge is 0.368 e. The van der Waals surface area contributed by atoms with Gasteiger partial charge in [-0.25, -0.2) is 18.2 Å². The van der Waals surface area contributed by atoms with Crippen LogP contribution >= 0.6 is 0 Å². The van der Waals surface area contributed by atoms with E-state index in [1.807, 2.05) is 44.2 Å². The van der Waals surface area contributed by atoms with Gasteiger partial charge in [0.15, 0.2) is 5.65 Å². The summed E-state index contributed by atoms with van der Waals surface area (Å²) in [4.78, 5) is 17.2. The number of hydrogen-bond acceptors (Lipinski definition) is 5. The molecule has 0 aliphatic rings. The zero-order valence-electron chi connectivity index (χ0n) is 17.5. The molecule has 31 heavy (non-hydrogen) atoms. The molecule has 4 rings (SSSR count). The Bertz CT molecular complexity index is 1370. The molecule has 1 unspecified atom stereocenters. The van der Waals surface area contributed by atoms with Crippen molar-refractivity contribution < 1.29 is 12.9 Å². The van der Waals surface area contributed by atoms with E-state index in [0.717, 1.165) is 11.1 Å². The second-order valence-corrected chi connectivity index (χ2v) is 9.57. The predicted octanol–water partition coefficient (Wildman–Crippen LogP) is 3.51. The molecule has 160 valence electrons. The zero-order chi connectivity index (χ0) is 22.2. The number of rotatable bonds is 6. The maximum Gasteiger partial charge on any atom is 0.368 e. The van der Waals surface area contributed by atoms with Crippen molar-refractivity contribution in [1.29, 1.82) is 0 Å². The molecular weight excluding hydrogens is 414 g/mol. The third kappa shape index (κ3) is 4.04. The van der Waals surface area contributed by atoms with Crippen molar-refractivity contribution in [3.05, 3.63) is 88.5 Å². The molecule has 1 atom stereocenters. The molecular formula is C23H23N3O4S. The monoisotopic (exact) mass is 437 g/mol. The zero-order valence-corrected chi connectivity index (χ0v) is 18.3. The molecule has 8 heteroatoms. The molecule has 0 saturated heterocycles. The lowest BCUT2D eigenvalue weighted by Crippen LogP contribution is -2.36. The molecule has 0 amide bonds. The van der Waals surface area contributed by atoms with E-state index in [1.54, 1.807) is 43.6 Å². The van der Waals surface area contributed by atoms with Crippen LogP contribution in [-0.4, -0.2) is 35.4 Å². The summed E-state index contributed by atoms with van der Waals surface area (Å²) in [6, 6.07) is 17.4. The van der Waals surface area contributed by atoms with Crippen molar-refractivity contribution in [2.24, 2.45) is 0 Å². The summed E-state index contributed by atoms with van der Waals surface area (Å²) in [6.07, 6.45) is 2.01. The second-order valence-electron chi connectivity index (χ2n) is 7.58. The average molecular weight is 438 g/mol. The van der Waals surface area contributed by atoms with Gasteiger partial charge < -0.3 is 4.52 Å². The van der Waals surface area contributed by atoms with Crippen LogP contribution in [0.2, 0.25) is 0 Å². The second kappa shape index (κ2) is 8.13. The summed E-state index contributed by atoms with van der Waals surface area (Å²) in [5.74, 6) is 0. The first-order chi connectivity index (χ1) is 14.8. The SMILES string of the molecule is Cc1ccc(S(=O)(=O)N(C)C(C)Cc2ccn3oc(=O)c(-c4ccccc4)c3n2)cc1. The van der Waals surface area contributed by atoms with Crippen molar-refractivity contribution in [2.75, 3.05) is 7.05 Å².